The molecule has 0 amide bonds. The van der Waals surface area contributed by atoms with Gasteiger partial charge in [0.2, 0.25) is 0 Å². The van der Waals surface area contributed by atoms with Crippen molar-refractivity contribution in [3.05, 3.63) is 53.9 Å². The number of carbonyl (C=O) groups excluding carboxylic acids is 1. The van der Waals surface area contributed by atoms with Crippen molar-refractivity contribution in [1.82, 2.24) is 4.57 Å². The van der Waals surface area contributed by atoms with Gasteiger partial charge in [-0.25, -0.2) is 0 Å². The highest BCUT2D eigenvalue weighted by Gasteiger charge is 2.16. The van der Waals surface area contributed by atoms with E-state index in [4.69, 9.17) is 10.5 Å². The van der Waals surface area contributed by atoms with Crippen LogP contribution in [-0.2, 0) is 22.5 Å². The molecule has 1 heterocycles. The largest absolute Gasteiger partial charge is 0.497 e. The minimum absolute atomic E-state index is 0.396. The Kier molecular flexibility index (Phi) is 5.00. The number of benzene rings is 1. The lowest BCUT2D eigenvalue weighted by molar-refractivity contribution is -0.142. The Bertz CT molecular complexity index is 590. The van der Waals surface area contributed by atoms with Gasteiger partial charge in [-0.1, -0.05) is 12.1 Å². The van der Waals surface area contributed by atoms with Crippen LogP contribution in [0.2, 0.25) is 0 Å². The van der Waals surface area contributed by atoms with E-state index in [0.717, 1.165) is 23.6 Å². The van der Waals surface area contributed by atoms with E-state index in [1.807, 2.05) is 42.6 Å². The quantitative estimate of drug-likeness (QED) is 0.820. The number of methoxy groups -OCH3 is 2. The summed E-state index contributed by atoms with van der Waals surface area (Å²) in [5, 5.41) is 0. The maximum atomic E-state index is 11.4. The average molecular weight is 288 g/mol. The fraction of sp³-hybridized carbons (Fsp3) is 0.312. The van der Waals surface area contributed by atoms with Gasteiger partial charge in [0, 0.05) is 24.9 Å². The molecule has 1 aromatic carbocycles. The molecule has 1 aromatic heterocycles. The van der Waals surface area contributed by atoms with Gasteiger partial charge in [-0.15, -0.1) is 0 Å². The molecular formula is C16H20N2O3. The van der Waals surface area contributed by atoms with Crippen molar-refractivity contribution in [2.24, 2.45) is 5.73 Å². The molecule has 21 heavy (non-hydrogen) atoms. The Balaban J connectivity index is 2.07. The molecule has 0 aliphatic rings. The van der Waals surface area contributed by atoms with Crippen molar-refractivity contribution < 1.29 is 14.3 Å². The number of rotatable bonds is 6. The van der Waals surface area contributed by atoms with Gasteiger partial charge >= 0.3 is 5.97 Å². The molecule has 1 unspecified atom stereocenters. The monoisotopic (exact) mass is 288 g/mol. The van der Waals surface area contributed by atoms with Gasteiger partial charge in [-0.05, 0) is 29.8 Å². The summed E-state index contributed by atoms with van der Waals surface area (Å²) < 4.78 is 11.9. The molecule has 2 aromatic rings. The molecule has 0 bridgehead atoms. The summed E-state index contributed by atoms with van der Waals surface area (Å²) in [5.74, 6) is 0.436. The molecule has 0 radical (unpaired) electrons. The van der Waals surface area contributed by atoms with Crippen LogP contribution in [-0.4, -0.2) is 30.8 Å². The predicted octanol–water partition coefficient (Wildman–Crippen LogP) is 1.59. The van der Waals surface area contributed by atoms with Gasteiger partial charge < -0.3 is 19.8 Å². The number of nitrogens with zero attached hydrogens (tertiary/aromatic N) is 1. The standard InChI is InChI=1S/C16H20N2O3/c1-20-14-7-5-12(6-8-14)11-18-9-3-4-13(18)10-15(17)16(19)21-2/h3-9,15H,10-11,17H2,1-2H3. The van der Waals surface area contributed by atoms with Gasteiger partial charge in [-0.2, -0.15) is 0 Å². The van der Waals surface area contributed by atoms with Crippen LogP contribution in [0.4, 0.5) is 0 Å². The minimum atomic E-state index is -0.639. The third-order valence-corrected chi connectivity index (χ3v) is 3.37. The third kappa shape index (κ3) is 3.86. The highest BCUT2D eigenvalue weighted by atomic mass is 16.5. The van der Waals surface area contributed by atoms with Gasteiger partial charge in [0.25, 0.3) is 0 Å². The summed E-state index contributed by atoms with van der Waals surface area (Å²) in [6, 6.07) is 11.2. The Morgan fingerprint density at radius 3 is 2.57 bits per heavy atom. The molecule has 1 atom stereocenters. The van der Waals surface area contributed by atoms with Crippen molar-refractivity contribution in [3.8, 4) is 5.75 Å². The van der Waals surface area contributed by atoms with Crippen molar-refractivity contribution in [3.63, 3.8) is 0 Å². The van der Waals surface area contributed by atoms with Crippen molar-refractivity contribution >= 4 is 5.97 Å². The maximum Gasteiger partial charge on any atom is 0.323 e. The van der Waals surface area contributed by atoms with E-state index in [1.165, 1.54) is 7.11 Å². The summed E-state index contributed by atoms with van der Waals surface area (Å²) in [6.07, 6.45) is 2.43. The first-order valence-corrected chi connectivity index (χ1v) is 6.74. The summed E-state index contributed by atoms with van der Waals surface area (Å²) in [6.45, 7) is 0.722. The first-order valence-electron chi connectivity index (χ1n) is 6.74. The van der Waals surface area contributed by atoms with E-state index in [9.17, 15) is 4.79 Å². The van der Waals surface area contributed by atoms with Crippen molar-refractivity contribution in [1.29, 1.82) is 0 Å². The number of ether oxygens (including phenoxy) is 2. The molecule has 0 saturated heterocycles. The molecule has 112 valence electrons. The van der Waals surface area contributed by atoms with Crippen LogP contribution in [0, 0.1) is 0 Å². The molecule has 2 N–H and O–H groups in total. The third-order valence-electron chi connectivity index (χ3n) is 3.37. The molecule has 2 rings (SSSR count). The zero-order valence-electron chi connectivity index (χ0n) is 12.3. The summed E-state index contributed by atoms with van der Waals surface area (Å²) in [7, 11) is 2.99. The second-order valence-electron chi connectivity index (χ2n) is 4.81. The average Bonchev–Trinajstić information content (AvgIpc) is 2.94. The number of nitrogens with two attached hydrogens (primary N) is 1. The second kappa shape index (κ2) is 6.95. The Labute approximate surface area is 124 Å². The van der Waals surface area contributed by atoms with Crippen LogP contribution in [0.1, 0.15) is 11.3 Å². The van der Waals surface area contributed by atoms with Crippen LogP contribution in [0.25, 0.3) is 0 Å². The fourth-order valence-electron chi connectivity index (χ4n) is 2.18. The zero-order valence-corrected chi connectivity index (χ0v) is 12.3. The van der Waals surface area contributed by atoms with Crippen LogP contribution in [0.15, 0.2) is 42.6 Å². The normalized spacial score (nSPS) is 12.0. The number of hydrogen-bond acceptors (Lipinski definition) is 4. The summed E-state index contributed by atoms with van der Waals surface area (Å²) >= 11 is 0. The topological polar surface area (TPSA) is 66.5 Å². The Morgan fingerprint density at radius 1 is 1.24 bits per heavy atom. The van der Waals surface area contributed by atoms with Crippen molar-refractivity contribution in [2.45, 2.75) is 19.0 Å². The number of carbonyl (C=O) groups is 1. The summed E-state index contributed by atoms with van der Waals surface area (Å²) in [5.41, 5.74) is 7.97. The lowest BCUT2D eigenvalue weighted by Crippen LogP contribution is -2.34. The number of esters is 1. The van der Waals surface area contributed by atoms with E-state index >= 15 is 0 Å². The first-order chi connectivity index (χ1) is 10.1. The van der Waals surface area contributed by atoms with E-state index in [2.05, 4.69) is 9.30 Å². The summed E-state index contributed by atoms with van der Waals surface area (Å²) in [4.78, 5) is 11.4. The van der Waals surface area contributed by atoms with Crippen LogP contribution >= 0.6 is 0 Å². The van der Waals surface area contributed by atoms with E-state index in [0.29, 0.717) is 6.42 Å². The Hall–Kier alpha value is -2.27. The van der Waals surface area contributed by atoms with E-state index < -0.39 is 12.0 Å². The van der Waals surface area contributed by atoms with Crippen LogP contribution < -0.4 is 10.5 Å². The van der Waals surface area contributed by atoms with Crippen LogP contribution in [0.3, 0.4) is 0 Å². The highest BCUT2D eigenvalue weighted by Crippen LogP contribution is 2.14. The van der Waals surface area contributed by atoms with Gasteiger partial charge in [-0.3, -0.25) is 4.79 Å². The lowest BCUT2D eigenvalue weighted by Gasteiger charge is -2.13. The molecule has 0 fully saturated rings. The second-order valence-corrected chi connectivity index (χ2v) is 4.81. The SMILES string of the molecule is COC(=O)C(N)Cc1cccn1Cc1ccc(OC)cc1. The van der Waals surface area contributed by atoms with E-state index in [1.54, 1.807) is 7.11 Å². The molecular weight excluding hydrogens is 268 g/mol. The molecule has 0 saturated carbocycles. The maximum absolute atomic E-state index is 11.4. The van der Waals surface area contributed by atoms with Gasteiger partial charge in [0.15, 0.2) is 0 Å². The number of hydrogen-bond donors (Lipinski definition) is 1. The molecule has 5 heteroatoms. The predicted molar refractivity (Wildman–Crippen MR) is 80.2 cm³/mol. The van der Waals surface area contributed by atoms with Crippen LogP contribution in [0.5, 0.6) is 5.75 Å². The Morgan fingerprint density at radius 2 is 1.95 bits per heavy atom. The van der Waals surface area contributed by atoms with Gasteiger partial charge in [0.1, 0.15) is 11.8 Å². The highest BCUT2D eigenvalue weighted by molar-refractivity contribution is 5.75. The minimum Gasteiger partial charge on any atom is -0.497 e. The molecule has 0 aliphatic carbocycles. The molecule has 5 nitrogen and oxygen atoms in total. The number of aromatic nitrogens is 1. The van der Waals surface area contributed by atoms with Crippen molar-refractivity contribution in [2.75, 3.05) is 14.2 Å². The molecule has 0 aliphatic heterocycles. The van der Waals surface area contributed by atoms with E-state index in [-0.39, 0.29) is 0 Å². The lowest BCUT2D eigenvalue weighted by atomic mass is 10.1. The fourth-order valence-corrected chi connectivity index (χ4v) is 2.18. The smallest absolute Gasteiger partial charge is 0.323 e. The zero-order chi connectivity index (χ0) is 15.2. The van der Waals surface area contributed by atoms with Gasteiger partial charge in [0.05, 0.1) is 14.2 Å². The molecule has 0 spiro atoms. The first kappa shape index (κ1) is 15.1.